The first-order valence-electron chi connectivity index (χ1n) is 7.44. The van der Waals surface area contributed by atoms with Crippen molar-refractivity contribution in [2.75, 3.05) is 5.32 Å². The fraction of sp³-hybridized carbons (Fsp3) is 0.588. The first-order valence-corrected chi connectivity index (χ1v) is 7.44. The van der Waals surface area contributed by atoms with Gasteiger partial charge in [-0.05, 0) is 48.3 Å². The molecule has 0 heterocycles. The quantitative estimate of drug-likeness (QED) is 0.886. The Balaban J connectivity index is 2.21. The highest BCUT2D eigenvalue weighted by molar-refractivity contribution is 5.93. The van der Waals surface area contributed by atoms with Crippen LogP contribution in [0.3, 0.4) is 0 Å². The summed E-state index contributed by atoms with van der Waals surface area (Å²) < 4.78 is 14.0. The molecule has 0 unspecified atom stereocenters. The Kier molecular flexibility index (Phi) is 4.00. The number of nitrogens with one attached hydrogen (secondary N) is 1. The molecule has 3 N–H and O–H groups in total. The summed E-state index contributed by atoms with van der Waals surface area (Å²) in [7, 11) is 0. The Labute approximate surface area is 126 Å². The second-order valence-corrected chi connectivity index (χ2v) is 7.81. The van der Waals surface area contributed by atoms with Crippen LogP contribution >= 0.6 is 0 Å². The van der Waals surface area contributed by atoms with Gasteiger partial charge in [0.2, 0.25) is 5.91 Å². The van der Waals surface area contributed by atoms with Crippen LogP contribution in [0, 0.1) is 16.6 Å². The van der Waals surface area contributed by atoms with Gasteiger partial charge in [-0.3, -0.25) is 4.79 Å². The van der Waals surface area contributed by atoms with Gasteiger partial charge in [0, 0.05) is 11.6 Å². The molecule has 116 valence electrons. The molecule has 1 aromatic carbocycles. The summed E-state index contributed by atoms with van der Waals surface area (Å²) in [5, 5.41) is 3.27. The molecule has 0 bridgehead atoms. The van der Waals surface area contributed by atoms with Gasteiger partial charge >= 0.3 is 0 Å². The van der Waals surface area contributed by atoms with Crippen LogP contribution in [0.1, 0.15) is 57.3 Å². The van der Waals surface area contributed by atoms with E-state index in [2.05, 4.69) is 33.0 Å². The van der Waals surface area contributed by atoms with E-state index in [4.69, 9.17) is 5.73 Å². The smallest absolute Gasteiger partial charge is 0.248 e. The zero-order valence-corrected chi connectivity index (χ0v) is 13.3. The maximum Gasteiger partial charge on any atom is 0.248 e. The Bertz CT molecular complexity index is 536. The molecule has 1 aromatic rings. The van der Waals surface area contributed by atoms with E-state index in [1.807, 2.05) is 0 Å². The second kappa shape index (κ2) is 5.32. The van der Waals surface area contributed by atoms with Crippen LogP contribution in [0.2, 0.25) is 0 Å². The van der Waals surface area contributed by atoms with Gasteiger partial charge in [0.25, 0.3) is 0 Å². The van der Waals surface area contributed by atoms with Crippen LogP contribution in [0.5, 0.6) is 0 Å². The molecule has 1 fully saturated rings. The van der Waals surface area contributed by atoms with Crippen LogP contribution in [-0.2, 0) is 0 Å². The van der Waals surface area contributed by atoms with E-state index < -0.39 is 5.91 Å². The number of halogens is 1. The first-order chi connectivity index (χ1) is 9.58. The maximum absolute atomic E-state index is 14.0. The van der Waals surface area contributed by atoms with Gasteiger partial charge < -0.3 is 11.1 Å². The molecular weight excluding hydrogens is 267 g/mol. The molecule has 1 amide bonds. The standard InChI is InChI=1S/C17H25FN2O/c1-16(2)8-12(9-17(3,4)10-16)20-14-7-11(15(19)21)5-6-13(14)18/h5-7,12,20H,8-10H2,1-4H3,(H2,19,21). The largest absolute Gasteiger partial charge is 0.380 e. The van der Waals surface area contributed by atoms with Gasteiger partial charge in [0.1, 0.15) is 5.82 Å². The molecule has 0 atom stereocenters. The third kappa shape index (κ3) is 3.96. The summed E-state index contributed by atoms with van der Waals surface area (Å²) in [5.74, 6) is -0.886. The molecule has 1 saturated carbocycles. The average Bonchev–Trinajstić information content (AvgIpc) is 2.27. The molecule has 2 rings (SSSR count). The molecule has 0 saturated heterocycles. The third-order valence-corrected chi connectivity index (χ3v) is 4.17. The van der Waals surface area contributed by atoms with Crippen LogP contribution < -0.4 is 11.1 Å². The SMILES string of the molecule is CC1(C)CC(Nc2cc(C(N)=O)ccc2F)CC(C)(C)C1. The number of hydrogen-bond donors (Lipinski definition) is 2. The zero-order valence-electron chi connectivity index (χ0n) is 13.3. The highest BCUT2D eigenvalue weighted by Crippen LogP contribution is 2.46. The van der Waals surface area contributed by atoms with E-state index in [1.165, 1.54) is 18.2 Å². The van der Waals surface area contributed by atoms with Crippen molar-refractivity contribution in [1.82, 2.24) is 0 Å². The van der Waals surface area contributed by atoms with Crippen molar-refractivity contribution >= 4 is 11.6 Å². The van der Waals surface area contributed by atoms with Gasteiger partial charge in [0.05, 0.1) is 5.69 Å². The number of carbonyl (C=O) groups excluding carboxylic acids is 1. The predicted molar refractivity (Wildman–Crippen MR) is 83.7 cm³/mol. The highest BCUT2D eigenvalue weighted by atomic mass is 19.1. The molecule has 0 aromatic heterocycles. The number of amides is 1. The summed E-state index contributed by atoms with van der Waals surface area (Å²) in [6.07, 6.45) is 3.12. The summed E-state index contributed by atoms with van der Waals surface area (Å²) >= 11 is 0. The van der Waals surface area contributed by atoms with Crippen molar-refractivity contribution in [3.63, 3.8) is 0 Å². The van der Waals surface area contributed by atoms with E-state index in [-0.39, 0.29) is 22.7 Å². The minimum absolute atomic E-state index is 0.196. The molecular formula is C17H25FN2O. The van der Waals surface area contributed by atoms with Crippen LogP contribution in [0.15, 0.2) is 18.2 Å². The van der Waals surface area contributed by atoms with E-state index in [9.17, 15) is 9.18 Å². The topological polar surface area (TPSA) is 55.1 Å². The number of benzene rings is 1. The number of anilines is 1. The maximum atomic E-state index is 14.0. The van der Waals surface area contributed by atoms with E-state index in [0.717, 1.165) is 19.3 Å². The molecule has 0 aliphatic heterocycles. The Morgan fingerprint density at radius 3 is 2.33 bits per heavy atom. The van der Waals surface area contributed by atoms with Crippen molar-refractivity contribution in [3.8, 4) is 0 Å². The lowest BCUT2D eigenvalue weighted by Gasteiger charge is -2.45. The number of primary amides is 1. The lowest BCUT2D eigenvalue weighted by molar-refractivity contribution is 0.0998. The Morgan fingerprint density at radius 2 is 1.81 bits per heavy atom. The molecule has 21 heavy (non-hydrogen) atoms. The monoisotopic (exact) mass is 292 g/mol. The first kappa shape index (κ1) is 15.8. The highest BCUT2D eigenvalue weighted by Gasteiger charge is 2.38. The van der Waals surface area contributed by atoms with Crippen LogP contribution in [-0.4, -0.2) is 11.9 Å². The molecule has 1 aliphatic rings. The van der Waals surface area contributed by atoms with Gasteiger partial charge in [-0.1, -0.05) is 27.7 Å². The molecule has 1 aliphatic carbocycles. The van der Waals surface area contributed by atoms with E-state index in [1.54, 1.807) is 0 Å². The minimum Gasteiger partial charge on any atom is -0.380 e. The third-order valence-electron chi connectivity index (χ3n) is 4.17. The number of nitrogens with two attached hydrogens (primary N) is 1. The van der Waals surface area contributed by atoms with Crippen molar-refractivity contribution in [2.45, 2.75) is 53.0 Å². The summed E-state index contributed by atoms with van der Waals surface area (Å²) in [5.41, 5.74) is 6.39. The molecule has 4 heteroatoms. The Hall–Kier alpha value is -1.58. The lowest BCUT2D eigenvalue weighted by Crippen LogP contribution is -2.40. The van der Waals surface area contributed by atoms with Gasteiger partial charge in [-0.15, -0.1) is 0 Å². The average molecular weight is 292 g/mol. The van der Waals surface area contributed by atoms with Gasteiger partial charge in [0.15, 0.2) is 0 Å². The second-order valence-electron chi connectivity index (χ2n) is 7.81. The summed E-state index contributed by atoms with van der Waals surface area (Å²) in [6, 6.07) is 4.41. The number of carbonyl (C=O) groups is 1. The molecule has 3 nitrogen and oxygen atoms in total. The van der Waals surface area contributed by atoms with Crippen molar-refractivity contribution in [1.29, 1.82) is 0 Å². The molecule has 0 radical (unpaired) electrons. The molecule has 0 spiro atoms. The van der Waals surface area contributed by atoms with Crippen LogP contribution in [0.4, 0.5) is 10.1 Å². The zero-order chi connectivity index (χ0) is 15.8. The van der Waals surface area contributed by atoms with Crippen molar-refractivity contribution in [3.05, 3.63) is 29.6 Å². The van der Waals surface area contributed by atoms with E-state index >= 15 is 0 Å². The van der Waals surface area contributed by atoms with Crippen LogP contribution in [0.25, 0.3) is 0 Å². The van der Waals surface area contributed by atoms with Crippen molar-refractivity contribution < 1.29 is 9.18 Å². The summed E-state index contributed by atoms with van der Waals surface area (Å²) in [6.45, 7) is 9.00. The summed E-state index contributed by atoms with van der Waals surface area (Å²) in [4.78, 5) is 11.2. The normalized spacial score (nSPS) is 21.0. The number of rotatable bonds is 3. The minimum atomic E-state index is -0.539. The number of hydrogen-bond acceptors (Lipinski definition) is 2. The van der Waals surface area contributed by atoms with Gasteiger partial charge in [-0.25, -0.2) is 4.39 Å². The fourth-order valence-electron chi connectivity index (χ4n) is 3.96. The van der Waals surface area contributed by atoms with E-state index in [0.29, 0.717) is 11.3 Å². The van der Waals surface area contributed by atoms with Crippen molar-refractivity contribution in [2.24, 2.45) is 16.6 Å². The Morgan fingerprint density at radius 1 is 1.24 bits per heavy atom. The fourth-order valence-corrected chi connectivity index (χ4v) is 3.96. The van der Waals surface area contributed by atoms with Gasteiger partial charge in [-0.2, -0.15) is 0 Å². The lowest BCUT2D eigenvalue weighted by atomic mass is 9.63. The predicted octanol–water partition coefficient (Wildman–Crippen LogP) is 3.94.